The Hall–Kier alpha value is -2.80. The van der Waals surface area contributed by atoms with E-state index in [9.17, 15) is 9.59 Å². The third-order valence-corrected chi connectivity index (χ3v) is 9.39. The molecule has 1 fully saturated rings. The normalized spacial score (nSPS) is 18.0. The number of hydrogen-bond donors (Lipinski definition) is 0. The number of para-hydroxylation sites is 1. The molecule has 2 amide bonds. The van der Waals surface area contributed by atoms with E-state index in [1.165, 1.54) is 31.8 Å². The Labute approximate surface area is 203 Å². The van der Waals surface area contributed by atoms with E-state index in [2.05, 4.69) is 64.3 Å². The molecule has 0 N–H and O–H groups in total. The molecule has 5 heterocycles. The molecule has 2 aliphatic heterocycles. The first-order valence-electron chi connectivity index (χ1n) is 10.8. The topological polar surface area (TPSA) is 58.4 Å². The predicted molar refractivity (Wildman–Crippen MR) is 132 cm³/mol. The zero-order chi connectivity index (χ0) is 23.2. The molecule has 0 aliphatic carbocycles. The van der Waals surface area contributed by atoms with E-state index in [1.807, 2.05) is 12.3 Å². The fraction of sp³-hybridized carbons (Fsp3) is 0.280. The van der Waals surface area contributed by atoms with Gasteiger partial charge < -0.3 is 0 Å². The molecule has 3 aromatic heterocycles. The third-order valence-electron chi connectivity index (χ3n) is 7.10. The van der Waals surface area contributed by atoms with Crippen LogP contribution in [0.2, 0.25) is 0 Å². The maximum absolute atomic E-state index is 13.0. The molecule has 4 aromatic rings. The average molecular weight is 522 g/mol. The van der Waals surface area contributed by atoms with Gasteiger partial charge in [0.15, 0.2) is 0 Å². The minimum absolute atomic E-state index is 0.170. The number of amides is 2. The number of thiophene rings is 1. The summed E-state index contributed by atoms with van der Waals surface area (Å²) in [6.45, 7) is 4.50. The number of fused-ring (bicyclic) bond motifs is 5. The minimum atomic E-state index is -0.720. The van der Waals surface area contributed by atoms with Crippen LogP contribution >= 0.6 is 11.3 Å². The standard InChI is InChI=1S/C25H22N4O2SSe/c1-25(2)17-9-5-7-14-15-8-6-10-26-20(15)29(19(14)17)23-18(25)12-13(32-23)11-16-21(30)27(3)24(33)28(4)22(16)31/h5-10,12,16H,11H2,1-4H3. The number of rotatable bonds is 2. The summed E-state index contributed by atoms with van der Waals surface area (Å²) in [7, 11) is 3.41. The number of benzene rings is 1. The SMILES string of the molecule is CN1C(=O)C(Cc2cc3c(s2)-n2c4ncccc4c4cccc(c42)C3(C)C)C(=O)N(C)C1=[Se]. The van der Waals surface area contributed by atoms with Crippen molar-refractivity contribution < 1.29 is 9.59 Å². The number of aromatic nitrogens is 2. The van der Waals surface area contributed by atoms with Crippen molar-refractivity contribution in [2.75, 3.05) is 14.1 Å². The van der Waals surface area contributed by atoms with E-state index in [-0.39, 0.29) is 17.2 Å². The third kappa shape index (κ3) is 2.66. The molecule has 2 aliphatic rings. The molecule has 0 unspecified atom stereocenters. The molecule has 0 spiro atoms. The Balaban J connectivity index is 1.54. The molecule has 33 heavy (non-hydrogen) atoms. The average Bonchev–Trinajstić information content (AvgIpc) is 3.38. The van der Waals surface area contributed by atoms with Gasteiger partial charge in [-0.25, -0.2) is 0 Å². The predicted octanol–water partition coefficient (Wildman–Crippen LogP) is 3.22. The molecule has 0 saturated carbocycles. The van der Waals surface area contributed by atoms with Gasteiger partial charge in [-0.3, -0.25) is 0 Å². The molecule has 0 atom stereocenters. The number of nitrogens with zero attached hydrogens (tertiary/aromatic N) is 4. The Bertz CT molecular complexity index is 1510. The number of pyridine rings is 1. The van der Waals surface area contributed by atoms with Gasteiger partial charge >= 0.3 is 197 Å². The van der Waals surface area contributed by atoms with Gasteiger partial charge in [0.25, 0.3) is 0 Å². The molecule has 1 aromatic carbocycles. The fourth-order valence-corrected chi connectivity index (χ4v) is 6.99. The van der Waals surface area contributed by atoms with Gasteiger partial charge in [-0.05, 0) is 6.07 Å². The summed E-state index contributed by atoms with van der Waals surface area (Å²) < 4.78 is 2.81. The van der Waals surface area contributed by atoms with Gasteiger partial charge in [-0.2, -0.15) is 0 Å². The van der Waals surface area contributed by atoms with Crippen LogP contribution in [-0.4, -0.2) is 65.5 Å². The van der Waals surface area contributed by atoms with Gasteiger partial charge in [-0.15, -0.1) is 0 Å². The molecule has 0 bridgehead atoms. The van der Waals surface area contributed by atoms with Crippen LogP contribution in [0.15, 0.2) is 42.6 Å². The summed E-state index contributed by atoms with van der Waals surface area (Å²) in [4.78, 5) is 34.7. The van der Waals surface area contributed by atoms with Crippen LogP contribution in [0.3, 0.4) is 0 Å². The van der Waals surface area contributed by atoms with Crippen LogP contribution in [0, 0.1) is 5.92 Å². The Kier molecular flexibility index (Phi) is 4.32. The monoisotopic (exact) mass is 522 g/mol. The van der Waals surface area contributed by atoms with Crippen LogP contribution in [-0.2, 0) is 21.4 Å². The van der Waals surface area contributed by atoms with Gasteiger partial charge in [0.2, 0.25) is 0 Å². The maximum atomic E-state index is 13.0. The second-order valence-corrected chi connectivity index (χ2v) is 11.2. The summed E-state index contributed by atoms with van der Waals surface area (Å²) in [5.41, 5.74) is 4.40. The van der Waals surface area contributed by atoms with Crippen molar-refractivity contribution in [2.45, 2.75) is 25.7 Å². The van der Waals surface area contributed by atoms with Crippen LogP contribution in [0.25, 0.3) is 26.9 Å². The summed E-state index contributed by atoms with van der Waals surface area (Å²) in [6.07, 6.45) is 2.22. The van der Waals surface area contributed by atoms with Crippen LogP contribution in [0.5, 0.6) is 0 Å². The number of hydrogen-bond acceptors (Lipinski definition) is 4. The molecule has 6 nitrogen and oxygen atoms in total. The Morgan fingerprint density at radius 3 is 2.45 bits per heavy atom. The second kappa shape index (κ2) is 6.86. The van der Waals surface area contributed by atoms with E-state index >= 15 is 0 Å². The van der Waals surface area contributed by atoms with E-state index in [0.717, 1.165) is 20.9 Å². The van der Waals surface area contributed by atoms with Crippen molar-refractivity contribution >= 4 is 65.3 Å². The van der Waals surface area contributed by atoms with Crippen molar-refractivity contribution in [3.8, 4) is 5.00 Å². The Morgan fingerprint density at radius 1 is 1.03 bits per heavy atom. The van der Waals surface area contributed by atoms with E-state index in [4.69, 9.17) is 4.98 Å². The quantitative estimate of drug-likeness (QED) is 0.301. The zero-order valence-electron chi connectivity index (χ0n) is 18.7. The Morgan fingerprint density at radius 2 is 1.73 bits per heavy atom. The number of carbonyl (C=O) groups excluding carboxylic acids is 2. The molecule has 6 rings (SSSR count). The van der Waals surface area contributed by atoms with Crippen molar-refractivity contribution in [1.29, 1.82) is 0 Å². The number of carbonyl (C=O) groups is 2. The van der Waals surface area contributed by atoms with Crippen molar-refractivity contribution in [2.24, 2.45) is 5.92 Å². The fourth-order valence-electron chi connectivity index (χ4n) is 5.25. The summed E-state index contributed by atoms with van der Waals surface area (Å²) >= 11 is 4.49. The second-order valence-electron chi connectivity index (χ2n) is 9.30. The summed E-state index contributed by atoms with van der Waals surface area (Å²) in [5.74, 6) is -1.06. The van der Waals surface area contributed by atoms with Crippen molar-refractivity contribution in [3.05, 3.63) is 58.6 Å². The zero-order valence-corrected chi connectivity index (χ0v) is 21.3. The van der Waals surface area contributed by atoms with Crippen molar-refractivity contribution in [1.82, 2.24) is 19.4 Å². The summed E-state index contributed by atoms with van der Waals surface area (Å²) in [5, 5.41) is 3.46. The van der Waals surface area contributed by atoms with E-state index in [0.29, 0.717) is 11.1 Å². The van der Waals surface area contributed by atoms with Crippen LogP contribution in [0.1, 0.15) is 29.9 Å². The first-order valence-corrected chi connectivity index (χ1v) is 12.5. The van der Waals surface area contributed by atoms with Gasteiger partial charge in [0.05, 0.1) is 0 Å². The molecule has 166 valence electrons. The first kappa shape index (κ1) is 20.8. The molecular weight excluding hydrogens is 499 g/mol. The molecule has 8 heteroatoms. The van der Waals surface area contributed by atoms with Crippen LogP contribution in [0.4, 0.5) is 0 Å². The van der Waals surface area contributed by atoms with Crippen molar-refractivity contribution in [3.63, 3.8) is 0 Å². The van der Waals surface area contributed by atoms with E-state index in [1.54, 1.807) is 25.4 Å². The molecule has 1 saturated heterocycles. The van der Waals surface area contributed by atoms with Gasteiger partial charge in [0.1, 0.15) is 0 Å². The van der Waals surface area contributed by atoms with Crippen LogP contribution < -0.4 is 0 Å². The van der Waals surface area contributed by atoms with E-state index < -0.39 is 5.92 Å². The molecular formula is C25H22N4O2SSe. The first-order chi connectivity index (χ1) is 15.7. The molecule has 0 radical (unpaired) electrons. The van der Waals surface area contributed by atoms with Gasteiger partial charge in [0, 0.05) is 0 Å². The van der Waals surface area contributed by atoms with Gasteiger partial charge in [-0.1, -0.05) is 0 Å². The summed E-state index contributed by atoms with van der Waals surface area (Å²) in [6, 6.07) is 12.8.